The van der Waals surface area contributed by atoms with Gasteiger partial charge < -0.3 is 14.7 Å². The maximum absolute atomic E-state index is 13.0. The van der Waals surface area contributed by atoms with Crippen molar-refractivity contribution in [1.29, 1.82) is 0 Å². The lowest BCUT2D eigenvalue weighted by molar-refractivity contribution is 0.0746. The molecule has 0 aromatic heterocycles. The molecule has 0 bridgehead atoms. The first kappa shape index (κ1) is 17.4. The van der Waals surface area contributed by atoms with Crippen molar-refractivity contribution in [3.05, 3.63) is 65.5 Å². The lowest BCUT2D eigenvalue weighted by Gasteiger charge is -2.36. The quantitative estimate of drug-likeness (QED) is 0.856. The van der Waals surface area contributed by atoms with Gasteiger partial charge in [0.1, 0.15) is 5.82 Å². The van der Waals surface area contributed by atoms with Gasteiger partial charge in [0.15, 0.2) is 0 Å². The number of hydrogen-bond acceptors (Lipinski definition) is 3. The first-order valence-corrected chi connectivity index (χ1v) is 8.56. The zero-order valence-corrected chi connectivity index (χ0v) is 14.8. The van der Waals surface area contributed by atoms with E-state index < -0.39 is 0 Å². The summed E-state index contributed by atoms with van der Waals surface area (Å²) in [5, 5.41) is 0. The van der Waals surface area contributed by atoms with E-state index in [0.717, 1.165) is 19.6 Å². The highest BCUT2D eigenvalue weighted by atomic mass is 19.1. The third kappa shape index (κ3) is 4.37. The number of benzene rings is 2. The number of nitrogens with zero attached hydrogens (tertiary/aromatic N) is 3. The van der Waals surface area contributed by atoms with Crippen LogP contribution in [0.4, 0.5) is 10.1 Å². The minimum atomic E-state index is -0.320. The van der Waals surface area contributed by atoms with E-state index in [9.17, 15) is 9.18 Å². The second kappa shape index (κ2) is 7.66. The molecule has 0 radical (unpaired) electrons. The highest BCUT2D eigenvalue weighted by molar-refractivity contribution is 5.94. The normalized spacial score (nSPS) is 14.9. The number of carbonyl (C=O) groups is 1. The van der Waals surface area contributed by atoms with E-state index in [1.54, 1.807) is 12.1 Å². The molecule has 0 saturated carbocycles. The SMILES string of the molecule is CN(C)Cc1cccc(N2CCN(C(=O)c3ccc(F)cc3)CC2)c1. The van der Waals surface area contributed by atoms with Crippen molar-refractivity contribution >= 4 is 11.6 Å². The summed E-state index contributed by atoms with van der Waals surface area (Å²) < 4.78 is 13.0. The Morgan fingerprint density at radius 3 is 2.36 bits per heavy atom. The number of anilines is 1. The second-order valence-corrected chi connectivity index (χ2v) is 6.69. The predicted molar refractivity (Wildman–Crippen MR) is 98.3 cm³/mol. The molecule has 5 heteroatoms. The van der Waals surface area contributed by atoms with Gasteiger partial charge in [-0.3, -0.25) is 4.79 Å². The lowest BCUT2D eigenvalue weighted by atomic mass is 10.1. The van der Waals surface area contributed by atoms with Crippen molar-refractivity contribution in [2.75, 3.05) is 45.2 Å². The Morgan fingerprint density at radius 1 is 1.04 bits per heavy atom. The minimum Gasteiger partial charge on any atom is -0.368 e. The summed E-state index contributed by atoms with van der Waals surface area (Å²) in [6.45, 7) is 3.87. The van der Waals surface area contributed by atoms with Gasteiger partial charge in [0.2, 0.25) is 0 Å². The van der Waals surface area contributed by atoms with E-state index in [4.69, 9.17) is 0 Å². The molecule has 25 heavy (non-hydrogen) atoms. The first-order valence-electron chi connectivity index (χ1n) is 8.56. The fourth-order valence-electron chi connectivity index (χ4n) is 3.16. The minimum absolute atomic E-state index is 0.0268. The summed E-state index contributed by atoms with van der Waals surface area (Å²) in [6, 6.07) is 14.3. The lowest BCUT2D eigenvalue weighted by Crippen LogP contribution is -2.48. The van der Waals surface area contributed by atoms with Gasteiger partial charge in [-0.15, -0.1) is 0 Å². The number of hydrogen-bond donors (Lipinski definition) is 0. The van der Waals surface area contributed by atoms with Gasteiger partial charge in [0, 0.05) is 44.0 Å². The summed E-state index contributed by atoms with van der Waals surface area (Å²) in [5.74, 6) is -0.347. The van der Waals surface area contributed by atoms with Crippen molar-refractivity contribution in [2.45, 2.75) is 6.54 Å². The zero-order valence-electron chi connectivity index (χ0n) is 14.8. The van der Waals surface area contributed by atoms with Gasteiger partial charge in [-0.2, -0.15) is 0 Å². The van der Waals surface area contributed by atoms with Crippen LogP contribution in [0.5, 0.6) is 0 Å². The number of amides is 1. The molecule has 1 saturated heterocycles. The molecule has 1 heterocycles. The number of piperazine rings is 1. The second-order valence-electron chi connectivity index (χ2n) is 6.69. The Balaban J connectivity index is 1.62. The Labute approximate surface area is 148 Å². The fraction of sp³-hybridized carbons (Fsp3) is 0.350. The molecule has 4 nitrogen and oxygen atoms in total. The van der Waals surface area contributed by atoms with Crippen molar-refractivity contribution in [3.8, 4) is 0 Å². The largest absolute Gasteiger partial charge is 0.368 e. The Kier molecular flexibility index (Phi) is 5.34. The summed E-state index contributed by atoms with van der Waals surface area (Å²) in [4.78, 5) is 18.8. The summed E-state index contributed by atoms with van der Waals surface area (Å²) in [6.07, 6.45) is 0. The molecule has 3 rings (SSSR count). The van der Waals surface area contributed by atoms with Crippen molar-refractivity contribution < 1.29 is 9.18 Å². The van der Waals surface area contributed by atoms with E-state index >= 15 is 0 Å². The van der Waals surface area contributed by atoms with Gasteiger partial charge in [-0.25, -0.2) is 4.39 Å². The van der Waals surface area contributed by atoms with Crippen LogP contribution in [0.2, 0.25) is 0 Å². The van der Waals surface area contributed by atoms with Crippen LogP contribution in [0.15, 0.2) is 48.5 Å². The van der Waals surface area contributed by atoms with Gasteiger partial charge in [-0.1, -0.05) is 12.1 Å². The molecular formula is C20H24FN3O. The molecule has 2 aromatic carbocycles. The Hall–Kier alpha value is -2.40. The fourth-order valence-corrected chi connectivity index (χ4v) is 3.16. The molecule has 132 valence electrons. The van der Waals surface area contributed by atoms with Gasteiger partial charge >= 0.3 is 0 Å². The smallest absolute Gasteiger partial charge is 0.253 e. The maximum Gasteiger partial charge on any atom is 0.253 e. The standard InChI is InChI=1S/C20H24FN3O/c1-22(2)15-16-4-3-5-19(14-16)23-10-12-24(13-11-23)20(25)17-6-8-18(21)9-7-17/h3-9,14H,10-13,15H2,1-2H3. The summed E-state index contributed by atoms with van der Waals surface area (Å²) in [7, 11) is 4.12. The molecule has 0 spiro atoms. The van der Waals surface area contributed by atoms with Crippen LogP contribution in [-0.2, 0) is 6.54 Å². The molecule has 0 atom stereocenters. The topological polar surface area (TPSA) is 26.8 Å². The first-order chi connectivity index (χ1) is 12.0. The average Bonchev–Trinajstić information content (AvgIpc) is 2.62. The van der Waals surface area contributed by atoms with Crippen LogP contribution >= 0.6 is 0 Å². The summed E-state index contributed by atoms with van der Waals surface area (Å²) >= 11 is 0. The molecule has 2 aromatic rings. The van der Waals surface area contributed by atoms with Crippen LogP contribution in [0, 0.1) is 5.82 Å². The van der Waals surface area contributed by atoms with Gasteiger partial charge in [0.05, 0.1) is 0 Å². The molecule has 1 amide bonds. The maximum atomic E-state index is 13.0. The summed E-state index contributed by atoms with van der Waals surface area (Å²) in [5.41, 5.74) is 3.03. The van der Waals surface area contributed by atoms with Gasteiger partial charge in [0.25, 0.3) is 5.91 Å². The number of halogens is 1. The van der Waals surface area contributed by atoms with Crippen LogP contribution in [0.25, 0.3) is 0 Å². The molecule has 0 unspecified atom stereocenters. The van der Waals surface area contributed by atoms with Crippen LogP contribution in [0.1, 0.15) is 15.9 Å². The third-order valence-electron chi connectivity index (χ3n) is 4.43. The molecule has 1 aliphatic rings. The number of rotatable bonds is 4. The average molecular weight is 341 g/mol. The number of carbonyl (C=O) groups excluding carboxylic acids is 1. The van der Waals surface area contributed by atoms with Crippen LogP contribution in [0.3, 0.4) is 0 Å². The Bertz CT molecular complexity index is 722. The van der Waals surface area contributed by atoms with Crippen molar-refractivity contribution in [3.63, 3.8) is 0 Å². The molecular weight excluding hydrogens is 317 g/mol. The molecule has 1 aliphatic heterocycles. The molecule has 0 N–H and O–H groups in total. The highest BCUT2D eigenvalue weighted by Gasteiger charge is 2.22. The highest BCUT2D eigenvalue weighted by Crippen LogP contribution is 2.19. The van der Waals surface area contributed by atoms with E-state index in [0.29, 0.717) is 18.7 Å². The van der Waals surface area contributed by atoms with Crippen molar-refractivity contribution in [1.82, 2.24) is 9.80 Å². The monoisotopic (exact) mass is 341 g/mol. The van der Waals surface area contributed by atoms with E-state index in [1.165, 1.54) is 23.4 Å². The van der Waals surface area contributed by atoms with Gasteiger partial charge in [-0.05, 0) is 56.1 Å². The predicted octanol–water partition coefficient (Wildman–Crippen LogP) is 2.85. The van der Waals surface area contributed by atoms with E-state index in [1.807, 2.05) is 4.90 Å². The van der Waals surface area contributed by atoms with E-state index in [-0.39, 0.29) is 11.7 Å². The third-order valence-corrected chi connectivity index (χ3v) is 4.43. The van der Waals surface area contributed by atoms with E-state index in [2.05, 4.69) is 48.2 Å². The van der Waals surface area contributed by atoms with Crippen molar-refractivity contribution in [2.24, 2.45) is 0 Å². The van der Waals surface area contributed by atoms with Crippen LogP contribution < -0.4 is 4.90 Å². The molecule has 1 fully saturated rings. The zero-order chi connectivity index (χ0) is 17.8. The Morgan fingerprint density at radius 2 is 1.72 bits per heavy atom. The molecule has 0 aliphatic carbocycles. The van der Waals surface area contributed by atoms with Crippen LogP contribution in [-0.4, -0.2) is 56.0 Å².